The van der Waals surface area contributed by atoms with Crippen molar-refractivity contribution in [1.82, 2.24) is 4.98 Å². The van der Waals surface area contributed by atoms with Crippen molar-refractivity contribution in [1.29, 1.82) is 5.26 Å². The normalized spacial score (nSPS) is 10.1. The molecule has 0 saturated carbocycles. The van der Waals surface area contributed by atoms with E-state index < -0.39 is 5.56 Å². The number of methoxy groups -OCH3 is 1. The summed E-state index contributed by atoms with van der Waals surface area (Å²) in [5.41, 5.74) is 1.40. The van der Waals surface area contributed by atoms with Gasteiger partial charge in [-0.3, -0.25) is 4.79 Å². The molecule has 0 unspecified atom stereocenters. The molecule has 22 heavy (non-hydrogen) atoms. The predicted octanol–water partition coefficient (Wildman–Crippen LogP) is 3.28. The number of pyridine rings is 1. The van der Waals surface area contributed by atoms with Crippen molar-refractivity contribution in [3.63, 3.8) is 0 Å². The number of H-pyrrole nitrogens is 1. The topological polar surface area (TPSA) is 75.1 Å². The molecule has 2 rings (SSSR count). The largest absolute Gasteiger partial charge is 0.491 e. The van der Waals surface area contributed by atoms with Gasteiger partial charge in [-0.25, -0.2) is 0 Å². The molecule has 0 bridgehead atoms. The third kappa shape index (κ3) is 2.92. The number of halogens is 1. The number of nitriles is 1. The van der Waals surface area contributed by atoms with Gasteiger partial charge >= 0.3 is 0 Å². The van der Waals surface area contributed by atoms with Gasteiger partial charge in [0.15, 0.2) is 11.5 Å². The molecule has 0 aliphatic heterocycles. The van der Waals surface area contributed by atoms with Crippen LogP contribution in [0.15, 0.2) is 23.0 Å². The van der Waals surface area contributed by atoms with E-state index in [2.05, 4.69) is 4.98 Å². The van der Waals surface area contributed by atoms with E-state index >= 15 is 0 Å². The first-order valence-electron chi connectivity index (χ1n) is 6.66. The number of benzene rings is 1. The van der Waals surface area contributed by atoms with E-state index in [4.69, 9.17) is 21.1 Å². The Labute approximate surface area is 133 Å². The van der Waals surface area contributed by atoms with Gasteiger partial charge in [-0.15, -0.1) is 0 Å². The fourth-order valence-electron chi connectivity index (χ4n) is 2.21. The molecule has 6 heteroatoms. The monoisotopic (exact) mass is 318 g/mol. The predicted molar refractivity (Wildman–Crippen MR) is 84.7 cm³/mol. The first kappa shape index (κ1) is 15.9. The molecule has 1 heterocycles. The van der Waals surface area contributed by atoms with Gasteiger partial charge in [0.1, 0.15) is 11.6 Å². The van der Waals surface area contributed by atoms with E-state index in [1.165, 1.54) is 7.11 Å². The lowest BCUT2D eigenvalue weighted by Crippen LogP contribution is -2.12. The molecule has 1 aromatic heterocycles. The quantitative estimate of drug-likeness (QED) is 0.938. The van der Waals surface area contributed by atoms with Crippen LogP contribution in [0.25, 0.3) is 11.1 Å². The van der Waals surface area contributed by atoms with E-state index in [1.807, 2.05) is 13.0 Å². The molecular weight excluding hydrogens is 304 g/mol. The van der Waals surface area contributed by atoms with Crippen LogP contribution in [0.4, 0.5) is 0 Å². The van der Waals surface area contributed by atoms with Crippen molar-refractivity contribution < 1.29 is 9.47 Å². The number of hydrogen-bond donors (Lipinski definition) is 1. The van der Waals surface area contributed by atoms with Gasteiger partial charge in [0.05, 0.1) is 18.7 Å². The molecule has 1 N–H and O–H groups in total. The smallest absolute Gasteiger partial charge is 0.266 e. The highest BCUT2D eigenvalue weighted by molar-refractivity contribution is 6.32. The Bertz CT molecular complexity index is 806. The van der Waals surface area contributed by atoms with Crippen LogP contribution in [0, 0.1) is 18.3 Å². The Morgan fingerprint density at radius 3 is 2.68 bits per heavy atom. The summed E-state index contributed by atoms with van der Waals surface area (Å²) in [5.74, 6) is 0.890. The minimum Gasteiger partial charge on any atom is -0.491 e. The molecule has 1 aromatic carbocycles. The van der Waals surface area contributed by atoms with Crippen molar-refractivity contribution in [2.45, 2.75) is 13.8 Å². The molecule has 114 valence electrons. The van der Waals surface area contributed by atoms with Crippen LogP contribution in [0.2, 0.25) is 5.02 Å². The Hall–Kier alpha value is -2.45. The first-order valence-corrected chi connectivity index (χ1v) is 7.04. The van der Waals surface area contributed by atoms with Crippen LogP contribution in [-0.2, 0) is 0 Å². The Balaban J connectivity index is 2.74. The maximum atomic E-state index is 11.9. The number of aromatic nitrogens is 1. The highest BCUT2D eigenvalue weighted by Crippen LogP contribution is 2.39. The maximum absolute atomic E-state index is 11.9. The summed E-state index contributed by atoms with van der Waals surface area (Å²) in [6, 6.07) is 7.02. The lowest BCUT2D eigenvalue weighted by Gasteiger charge is -2.14. The zero-order chi connectivity index (χ0) is 16.3. The number of aryl methyl sites for hydroxylation is 1. The summed E-state index contributed by atoms with van der Waals surface area (Å²) in [5, 5.41) is 9.59. The Morgan fingerprint density at radius 1 is 1.36 bits per heavy atom. The minimum absolute atomic E-state index is 0.0364. The Morgan fingerprint density at radius 2 is 2.09 bits per heavy atom. The fraction of sp³-hybridized carbons (Fsp3) is 0.250. The average molecular weight is 319 g/mol. The van der Waals surface area contributed by atoms with Gasteiger partial charge in [0, 0.05) is 11.3 Å². The molecular formula is C16H15ClN2O3. The first-order chi connectivity index (χ1) is 10.5. The van der Waals surface area contributed by atoms with Crippen molar-refractivity contribution in [2.24, 2.45) is 0 Å². The van der Waals surface area contributed by atoms with Crippen LogP contribution in [0.5, 0.6) is 11.5 Å². The van der Waals surface area contributed by atoms with Gasteiger partial charge < -0.3 is 14.5 Å². The molecule has 0 fully saturated rings. The van der Waals surface area contributed by atoms with Crippen molar-refractivity contribution in [3.05, 3.63) is 44.8 Å². The lowest BCUT2D eigenvalue weighted by atomic mass is 10.0. The minimum atomic E-state index is -0.428. The van der Waals surface area contributed by atoms with Crippen molar-refractivity contribution >= 4 is 11.6 Å². The fourth-order valence-corrected chi connectivity index (χ4v) is 2.50. The summed E-state index contributed by atoms with van der Waals surface area (Å²) in [6.45, 7) is 4.04. The molecule has 0 aliphatic rings. The molecule has 0 aliphatic carbocycles. The highest BCUT2D eigenvalue weighted by atomic mass is 35.5. The Kier molecular flexibility index (Phi) is 4.74. The molecule has 0 radical (unpaired) electrons. The number of ether oxygens (including phenoxy) is 2. The van der Waals surface area contributed by atoms with E-state index in [0.29, 0.717) is 39.9 Å². The maximum Gasteiger partial charge on any atom is 0.266 e. The van der Waals surface area contributed by atoms with Crippen molar-refractivity contribution in [3.8, 4) is 28.7 Å². The number of aromatic amines is 1. The second-order valence-electron chi connectivity index (χ2n) is 4.60. The third-order valence-electron chi connectivity index (χ3n) is 3.10. The SMILES string of the molecule is CCOc1cc(-c2cc(C)[nH]c(=O)c2C#N)cc(Cl)c1OC. The van der Waals surface area contributed by atoms with E-state index in [9.17, 15) is 10.1 Å². The van der Waals surface area contributed by atoms with Crippen LogP contribution in [0.3, 0.4) is 0 Å². The molecule has 0 saturated heterocycles. The van der Waals surface area contributed by atoms with E-state index in [1.54, 1.807) is 25.1 Å². The summed E-state index contributed by atoms with van der Waals surface area (Å²) in [7, 11) is 1.50. The second-order valence-corrected chi connectivity index (χ2v) is 5.01. The average Bonchev–Trinajstić information content (AvgIpc) is 2.46. The zero-order valence-corrected chi connectivity index (χ0v) is 13.2. The lowest BCUT2D eigenvalue weighted by molar-refractivity contribution is 0.311. The number of nitrogens with zero attached hydrogens (tertiary/aromatic N) is 1. The molecule has 0 amide bonds. The zero-order valence-electron chi connectivity index (χ0n) is 12.5. The van der Waals surface area contributed by atoms with Crippen LogP contribution >= 0.6 is 11.6 Å². The van der Waals surface area contributed by atoms with Gasteiger partial charge in [-0.1, -0.05) is 11.6 Å². The number of hydrogen-bond acceptors (Lipinski definition) is 4. The third-order valence-corrected chi connectivity index (χ3v) is 3.38. The second kappa shape index (κ2) is 6.54. The van der Waals surface area contributed by atoms with E-state index in [0.717, 1.165) is 0 Å². The molecule has 0 spiro atoms. The van der Waals surface area contributed by atoms with Crippen molar-refractivity contribution in [2.75, 3.05) is 13.7 Å². The van der Waals surface area contributed by atoms with E-state index in [-0.39, 0.29) is 5.56 Å². The van der Waals surface area contributed by atoms with Crippen LogP contribution in [0.1, 0.15) is 18.2 Å². The van der Waals surface area contributed by atoms with Gasteiger partial charge in [0.2, 0.25) is 0 Å². The number of rotatable bonds is 4. The summed E-state index contributed by atoms with van der Waals surface area (Å²) in [6.07, 6.45) is 0. The van der Waals surface area contributed by atoms with Gasteiger partial charge in [0.25, 0.3) is 5.56 Å². The van der Waals surface area contributed by atoms with Crippen LogP contribution in [-0.4, -0.2) is 18.7 Å². The molecule has 0 atom stereocenters. The van der Waals surface area contributed by atoms with Gasteiger partial charge in [-0.05, 0) is 37.6 Å². The molecule has 5 nitrogen and oxygen atoms in total. The van der Waals surface area contributed by atoms with Crippen LogP contribution < -0.4 is 15.0 Å². The van der Waals surface area contributed by atoms with Gasteiger partial charge in [-0.2, -0.15) is 5.26 Å². The standard InChI is InChI=1S/C16H15ClN2O3/c1-4-22-14-7-10(6-13(17)15(14)21-3)11-5-9(2)19-16(20)12(11)8-18/h5-7H,4H2,1-3H3,(H,19,20). The number of nitrogens with one attached hydrogen (secondary N) is 1. The summed E-state index contributed by atoms with van der Waals surface area (Å²) < 4.78 is 10.8. The summed E-state index contributed by atoms with van der Waals surface area (Å²) >= 11 is 6.22. The molecule has 2 aromatic rings. The highest BCUT2D eigenvalue weighted by Gasteiger charge is 2.16. The summed E-state index contributed by atoms with van der Waals surface area (Å²) in [4.78, 5) is 14.5.